The molecule has 1 saturated heterocycles. The van der Waals surface area contributed by atoms with Crippen LogP contribution in [0, 0.1) is 16.7 Å². The molecule has 2 aliphatic rings. The van der Waals surface area contributed by atoms with E-state index >= 15 is 0 Å². The molecule has 4 heteroatoms. The summed E-state index contributed by atoms with van der Waals surface area (Å²) in [6.07, 6.45) is 1.52. The van der Waals surface area contributed by atoms with Crippen LogP contribution >= 0.6 is 0 Å². The Bertz CT molecular complexity index is 282. The van der Waals surface area contributed by atoms with Crippen molar-refractivity contribution in [3.63, 3.8) is 0 Å². The molecule has 14 heavy (non-hydrogen) atoms. The van der Waals surface area contributed by atoms with Crippen LogP contribution in [0.1, 0.15) is 12.8 Å². The van der Waals surface area contributed by atoms with Crippen molar-refractivity contribution in [1.29, 1.82) is 5.26 Å². The van der Waals surface area contributed by atoms with Gasteiger partial charge in [-0.15, -0.1) is 0 Å². The third kappa shape index (κ3) is 1.48. The van der Waals surface area contributed by atoms with Gasteiger partial charge in [-0.3, -0.25) is 4.79 Å². The van der Waals surface area contributed by atoms with Crippen LogP contribution < -0.4 is 0 Å². The molecule has 0 N–H and O–H groups in total. The van der Waals surface area contributed by atoms with Gasteiger partial charge in [0, 0.05) is 26.2 Å². The van der Waals surface area contributed by atoms with Gasteiger partial charge in [-0.2, -0.15) is 5.26 Å². The highest BCUT2D eigenvalue weighted by Crippen LogP contribution is 2.46. The van der Waals surface area contributed by atoms with Crippen LogP contribution in [-0.2, 0) is 4.79 Å². The van der Waals surface area contributed by atoms with Crippen LogP contribution in [0.4, 0.5) is 0 Å². The van der Waals surface area contributed by atoms with E-state index in [1.807, 2.05) is 4.90 Å². The van der Waals surface area contributed by atoms with Crippen LogP contribution in [0.15, 0.2) is 0 Å². The highest BCUT2D eigenvalue weighted by atomic mass is 16.2. The predicted molar refractivity (Wildman–Crippen MR) is 51.4 cm³/mol. The fourth-order valence-corrected chi connectivity index (χ4v) is 1.81. The van der Waals surface area contributed by atoms with Gasteiger partial charge in [0.05, 0.1) is 6.07 Å². The highest BCUT2D eigenvalue weighted by molar-refractivity contribution is 5.88. The van der Waals surface area contributed by atoms with Gasteiger partial charge in [0.15, 0.2) is 0 Å². The summed E-state index contributed by atoms with van der Waals surface area (Å²) in [5.41, 5.74) is -0.629. The van der Waals surface area contributed by atoms with Gasteiger partial charge in [0.1, 0.15) is 5.41 Å². The zero-order chi connectivity index (χ0) is 10.2. The lowest BCUT2D eigenvalue weighted by Gasteiger charge is -2.33. The average molecular weight is 193 g/mol. The molecule has 2 fully saturated rings. The van der Waals surface area contributed by atoms with Crippen LogP contribution in [0.3, 0.4) is 0 Å². The molecule has 0 aromatic heterocycles. The van der Waals surface area contributed by atoms with Gasteiger partial charge >= 0.3 is 0 Å². The molecule has 0 aromatic carbocycles. The summed E-state index contributed by atoms with van der Waals surface area (Å²) in [5, 5.41) is 8.90. The van der Waals surface area contributed by atoms with E-state index in [-0.39, 0.29) is 5.91 Å². The maximum Gasteiger partial charge on any atom is 0.243 e. The van der Waals surface area contributed by atoms with E-state index in [1.54, 1.807) is 0 Å². The molecule has 1 aliphatic heterocycles. The number of piperazine rings is 1. The number of hydrogen-bond donors (Lipinski definition) is 0. The van der Waals surface area contributed by atoms with Crippen LogP contribution in [-0.4, -0.2) is 48.9 Å². The Morgan fingerprint density at radius 1 is 1.29 bits per heavy atom. The monoisotopic (exact) mass is 193 g/mol. The number of hydrogen-bond acceptors (Lipinski definition) is 3. The topological polar surface area (TPSA) is 47.3 Å². The molecule has 2 rings (SSSR count). The Morgan fingerprint density at radius 3 is 2.29 bits per heavy atom. The van der Waals surface area contributed by atoms with Gasteiger partial charge in [0.2, 0.25) is 5.91 Å². The number of nitrogens with zero attached hydrogens (tertiary/aromatic N) is 3. The second kappa shape index (κ2) is 3.25. The summed E-state index contributed by atoms with van der Waals surface area (Å²) < 4.78 is 0. The van der Waals surface area contributed by atoms with Crippen LogP contribution in [0.25, 0.3) is 0 Å². The van der Waals surface area contributed by atoms with E-state index in [0.717, 1.165) is 39.0 Å². The zero-order valence-corrected chi connectivity index (χ0v) is 8.49. The predicted octanol–water partition coefficient (Wildman–Crippen LogP) is 0.0642. The molecule has 1 amide bonds. The lowest BCUT2D eigenvalue weighted by molar-refractivity contribution is -0.136. The first-order valence-corrected chi connectivity index (χ1v) is 5.07. The fourth-order valence-electron chi connectivity index (χ4n) is 1.81. The lowest BCUT2D eigenvalue weighted by Crippen LogP contribution is -2.49. The molecule has 1 aliphatic carbocycles. The first-order chi connectivity index (χ1) is 6.68. The Morgan fingerprint density at radius 2 is 1.86 bits per heavy atom. The quantitative estimate of drug-likeness (QED) is 0.592. The average Bonchev–Trinajstić information content (AvgIpc) is 2.99. The van der Waals surface area contributed by atoms with Gasteiger partial charge in [-0.1, -0.05) is 0 Å². The van der Waals surface area contributed by atoms with E-state index < -0.39 is 5.41 Å². The Kier molecular flexibility index (Phi) is 2.20. The molecule has 0 atom stereocenters. The fraction of sp³-hybridized carbons (Fsp3) is 0.800. The molecule has 0 radical (unpaired) electrons. The van der Waals surface area contributed by atoms with Crippen molar-refractivity contribution in [2.24, 2.45) is 5.41 Å². The minimum atomic E-state index is -0.629. The number of amides is 1. The molecule has 1 saturated carbocycles. The van der Waals surface area contributed by atoms with Crippen LogP contribution in [0.2, 0.25) is 0 Å². The largest absolute Gasteiger partial charge is 0.339 e. The minimum absolute atomic E-state index is 0.0631. The van der Waals surface area contributed by atoms with E-state index in [4.69, 9.17) is 5.26 Å². The smallest absolute Gasteiger partial charge is 0.243 e. The second-order valence-corrected chi connectivity index (χ2v) is 4.29. The molecular weight excluding hydrogens is 178 g/mol. The third-order valence-corrected chi connectivity index (χ3v) is 3.16. The van der Waals surface area contributed by atoms with E-state index in [1.165, 1.54) is 0 Å². The summed E-state index contributed by atoms with van der Waals surface area (Å²) >= 11 is 0. The second-order valence-electron chi connectivity index (χ2n) is 4.29. The molecule has 76 valence electrons. The third-order valence-electron chi connectivity index (χ3n) is 3.16. The Hall–Kier alpha value is -1.08. The van der Waals surface area contributed by atoms with Gasteiger partial charge in [-0.25, -0.2) is 0 Å². The number of carbonyl (C=O) groups excluding carboxylic acids is 1. The maximum atomic E-state index is 11.9. The minimum Gasteiger partial charge on any atom is -0.339 e. The Balaban J connectivity index is 1.97. The van der Waals surface area contributed by atoms with Gasteiger partial charge in [0.25, 0.3) is 0 Å². The summed E-state index contributed by atoms with van der Waals surface area (Å²) in [4.78, 5) is 16.0. The molecule has 0 unspecified atom stereocenters. The van der Waals surface area contributed by atoms with Gasteiger partial charge < -0.3 is 9.80 Å². The number of nitriles is 1. The van der Waals surface area contributed by atoms with Crippen molar-refractivity contribution in [3.05, 3.63) is 0 Å². The van der Waals surface area contributed by atoms with E-state index in [9.17, 15) is 4.79 Å². The van der Waals surface area contributed by atoms with Crippen molar-refractivity contribution >= 4 is 5.91 Å². The van der Waals surface area contributed by atoms with Crippen molar-refractivity contribution in [2.75, 3.05) is 33.2 Å². The molecule has 1 heterocycles. The number of rotatable bonds is 1. The molecule has 0 spiro atoms. The standard InChI is InChI=1S/C10H15N3O/c1-12-4-6-13(7-5-12)9(14)10(8-11)2-3-10/h2-7H2,1H3. The normalized spacial score (nSPS) is 25.6. The summed E-state index contributed by atoms with van der Waals surface area (Å²) in [6.45, 7) is 3.40. The van der Waals surface area contributed by atoms with Crippen molar-refractivity contribution in [1.82, 2.24) is 9.80 Å². The highest BCUT2D eigenvalue weighted by Gasteiger charge is 2.52. The van der Waals surface area contributed by atoms with E-state index in [2.05, 4.69) is 18.0 Å². The lowest BCUT2D eigenvalue weighted by atomic mass is 10.1. The molecule has 4 nitrogen and oxygen atoms in total. The van der Waals surface area contributed by atoms with Crippen molar-refractivity contribution in [3.8, 4) is 6.07 Å². The van der Waals surface area contributed by atoms with Gasteiger partial charge in [-0.05, 0) is 19.9 Å². The van der Waals surface area contributed by atoms with Crippen LogP contribution in [0.5, 0.6) is 0 Å². The maximum absolute atomic E-state index is 11.9. The molecular formula is C10H15N3O. The summed E-state index contributed by atoms with van der Waals surface area (Å²) in [6, 6.07) is 2.16. The summed E-state index contributed by atoms with van der Waals surface area (Å²) in [5.74, 6) is 0.0631. The number of carbonyl (C=O) groups is 1. The first-order valence-electron chi connectivity index (χ1n) is 5.07. The molecule has 0 aromatic rings. The number of likely N-dealkylation sites (N-methyl/N-ethyl adjacent to an activating group) is 1. The summed E-state index contributed by atoms with van der Waals surface area (Å²) in [7, 11) is 2.05. The van der Waals surface area contributed by atoms with E-state index in [0.29, 0.717) is 0 Å². The van der Waals surface area contributed by atoms with Crippen molar-refractivity contribution < 1.29 is 4.79 Å². The zero-order valence-electron chi connectivity index (χ0n) is 8.49. The SMILES string of the molecule is CN1CCN(C(=O)C2(C#N)CC2)CC1. The van der Waals surface area contributed by atoms with Crippen molar-refractivity contribution in [2.45, 2.75) is 12.8 Å². The first kappa shape index (κ1) is 9.47. The Labute approximate surface area is 84.1 Å². The molecule has 0 bridgehead atoms.